The lowest BCUT2D eigenvalue weighted by molar-refractivity contribution is 1.51. The Labute approximate surface area is 166 Å². The van der Waals surface area contributed by atoms with Gasteiger partial charge < -0.3 is 0 Å². The van der Waals surface area contributed by atoms with Crippen LogP contribution in [0.4, 0.5) is 0 Å². The molecule has 5 aromatic carbocycles. The molecule has 5 rings (SSSR count). The molecule has 0 aliphatic carbocycles. The fourth-order valence-electron chi connectivity index (χ4n) is 4.09. The van der Waals surface area contributed by atoms with Crippen LogP contribution in [0, 0.1) is 6.92 Å². The Balaban J connectivity index is 1.80. The van der Waals surface area contributed by atoms with Crippen LogP contribution in [0.2, 0.25) is 0 Å². The fraction of sp³-hybridized carbons (Fsp3) is 0.0370. The van der Waals surface area contributed by atoms with Crippen molar-refractivity contribution in [1.29, 1.82) is 0 Å². The first-order chi connectivity index (χ1) is 13.7. The van der Waals surface area contributed by atoms with Crippen LogP contribution in [0.5, 0.6) is 0 Å². The molecule has 0 aliphatic rings. The van der Waals surface area contributed by atoms with Gasteiger partial charge in [-0.15, -0.1) is 0 Å². The molecule has 0 aromatic heterocycles. The van der Waals surface area contributed by atoms with Crippen molar-refractivity contribution in [3.05, 3.63) is 103 Å². The number of fused-ring (bicyclic) bond motifs is 2. The quantitative estimate of drug-likeness (QED) is 0.321. The van der Waals surface area contributed by atoms with E-state index < -0.39 is 0 Å². The van der Waals surface area contributed by atoms with Gasteiger partial charge >= 0.3 is 0 Å². The summed E-state index contributed by atoms with van der Waals surface area (Å²) < 4.78 is 0. The lowest BCUT2D eigenvalue weighted by atomic mass is 9.86. The van der Waals surface area contributed by atoms with Crippen LogP contribution in [-0.2, 0) is 0 Å². The maximum atomic E-state index is 6.03. The molecule has 0 fully saturated rings. The molecule has 0 nitrogen and oxygen atoms in total. The summed E-state index contributed by atoms with van der Waals surface area (Å²) in [6, 6.07) is 34.6. The minimum Gasteiger partial charge on any atom is -0.0938 e. The minimum absolute atomic E-state index is 0.834. The van der Waals surface area contributed by atoms with E-state index in [0.717, 1.165) is 11.0 Å². The second-order valence-electron chi connectivity index (χ2n) is 7.30. The van der Waals surface area contributed by atoms with Gasteiger partial charge in [-0.1, -0.05) is 108 Å². The van der Waals surface area contributed by atoms with Crippen LogP contribution in [0.1, 0.15) is 5.56 Å². The Bertz CT molecular complexity index is 1330. The molecule has 0 N–H and O–H groups in total. The largest absolute Gasteiger partial charge is 0.114 e. The van der Waals surface area contributed by atoms with Crippen LogP contribution in [0.25, 0.3) is 43.8 Å². The first-order valence-corrected chi connectivity index (χ1v) is 9.59. The Morgan fingerprint density at radius 3 is 1.93 bits per heavy atom. The monoisotopic (exact) mass is 354 g/mol. The molecule has 1 heteroatoms. The van der Waals surface area contributed by atoms with Gasteiger partial charge in [0.05, 0.1) is 0 Å². The van der Waals surface area contributed by atoms with E-state index in [-0.39, 0.29) is 0 Å². The molecule has 0 aliphatic heterocycles. The molecule has 0 saturated carbocycles. The molecule has 0 spiro atoms. The van der Waals surface area contributed by atoms with Gasteiger partial charge in [0.25, 0.3) is 0 Å². The summed E-state index contributed by atoms with van der Waals surface area (Å²) >= 11 is 0. The van der Waals surface area contributed by atoms with Crippen LogP contribution in [0.3, 0.4) is 0 Å². The number of rotatable bonds is 2. The summed E-state index contributed by atoms with van der Waals surface area (Å²) in [5.41, 5.74) is 6.92. The number of hydrogen-bond donors (Lipinski definition) is 0. The molecule has 0 atom stereocenters. The van der Waals surface area contributed by atoms with Crippen molar-refractivity contribution in [2.45, 2.75) is 6.92 Å². The van der Waals surface area contributed by atoms with Gasteiger partial charge in [-0.3, -0.25) is 0 Å². The second kappa shape index (κ2) is 6.69. The highest BCUT2D eigenvalue weighted by molar-refractivity contribution is 6.33. The summed E-state index contributed by atoms with van der Waals surface area (Å²) in [5, 5.41) is 5.08. The second-order valence-corrected chi connectivity index (χ2v) is 7.30. The van der Waals surface area contributed by atoms with Gasteiger partial charge in [-0.05, 0) is 50.7 Å². The zero-order valence-corrected chi connectivity index (χ0v) is 15.8. The molecule has 2 radical (unpaired) electrons. The smallest absolute Gasteiger partial charge is 0.0938 e. The van der Waals surface area contributed by atoms with Crippen molar-refractivity contribution in [2.75, 3.05) is 0 Å². The molecular weight excluding hydrogens is 335 g/mol. The van der Waals surface area contributed by atoms with Crippen molar-refractivity contribution in [3.8, 4) is 22.3 Å². The molecule has 0 bridgehead atoms. The van der Waals surface area contributed by atoms with Gasteiger partial charge in [0.1, 0.15) is 7.85 Å². The zero-order valence-electron chi connectivity index (χ0n) is 15.8. The van der Waals surface area contributed by atoms with E-state index in [2.05, 4.69) is 97.9 Å². The Morgan fingerprint density at radius 2 is 1.14 bits per heavy atom. The first-order valence-electron chi connectivity index (χ1n) is 9.59. The topological polar surface area (TPSA) is 0 Å². The van der Waals surface area contributed by atoms with Crippen molar-refractivity contribution in [2.24, 2.45) is 0 Å². The predicted octanol–water partition coefficient (Wildman–Crippen LogP) is 6.43. The standard InChI is InChI=1S/C27H19B/c1-18-17-20(13-16-27(18)28)22-14-15-26(25-11-5-4-10-23(22)25)24-12-6-8-19-7-2-3-9-21(19)24/h2-17H,1H3. The van der Waals surface area contributed by atoms with E-state index in [0.29, 0.717) is 0 Å². The highest BCUT2D eigenvalue weighted by atomic mass is 14.1. The van der Waals surface area contributed by atoms with Gasteiger partial charge in [0.15, 0.2) is 0 Å². The average Bonchev–Trinajstić information content (AvgIpc) is 2.75. The summed E-state index contributed by atoms with van der Waals surface area (Å²) in [5.74, 6) is 0. The fourth-order valence-corrected chi connectivity index (χ4v) is 4.09. The van der Waals surface area contributed by atoms with Crippen molar-refractivity contribution >= 4 is 34.9 Å². The Hall–Kier alpha value is -3.32. The van der Waals surface area contributed by atoms with E-state index in [1.54, 1.807) is 0 Å². The third kappa shape index (κ3) is 2.71. The Kier molecular flexibility index (Phi) is 4.02. The van der Waals surface area contributed by atoms with Gasteiger partial charge in [-0.25, -0.2) is 0 Å². The van der Waals surface area contributed by atoms with Crippen molar-refractivity contribution < 1.29 is 0 Å². The molecule has 0 saturated heterocycles. The first kappa shape index (κ1) is 16.8. The van der Waals surface area contributed by atoms with E-state index in [9.17, 15) is 0 Å². The number of benzene rings is 5. The summed E-state index contributed by atoms with van der Waals surface area (Å²) in [6.45, 7) is 2.06. The maximum absolute atomic E-state index is 6.03. The number of aryl methyl sites for hydroxylation is 1. The van der Waals surface area contributed by atoms with Gasteiger partial charge in [-0.2, -0.15) is 0 Å². The van der Waals surface area contributed by atoms with E-state index >= 15 is 0 Å². The summed E-state index contributed by atoms with van der Waals surface area (Å²) in [6.07, 6.45) is 0. The molecule has 28 heavy (non-hydrogen) atoms. The van der Waals surface area contributed by atoms with Crippen LogP contribution in [-0.4, -0.2) is 7.85 Å². The van der Waals surface area contributed by atoms with E-state index in [1.807, 2.05) is 6.07 Å². The van der Waals surface area contributed by atoms with Gasteiger partial charge in [0.2, 0.25) is 0 Å². The molecule has 5 aromatic rings. The van der Waals surface area contributed by atoms with Crippen LogP contribution >= 0.6 is 0 Å². The minimum atomic E-state index is 0.834. The third-order valence-corrected chi connectivity index (χ3v) is 5.58. The zero-order chi connectivity index (χ0) is 19.1. The van der Waals surface area contributed by atoms with Gasteiger partial charge in [0, 0.05) is 0 Å². The van der Waals surface area contributed by atoms with E-state index in [4.69, 9.17) is 7.85 Å². The lowest BCUT2D eigenvalue weighted by Gasteiger charge is -2.14. The SMILES string of the molecule is [B]c1ccc(-c2ccc(-c3cccc4ccccc34)c3ccccc23)cc1C. The highest BCUT2D eigenvalue weighted by Crippen LogP contribution is 2.38. The lowest BCUT2D eigenvalue weighted by Crippen LogP contribution is -2.05. The molecule has 130 valence electrons. The summed E-state index contributed by atoms with van der Waals surface area (Å²) in [4.78, 5) is 0. The maximum Gasteiger partial charge on any atom is 0.114 e. The molecular formula is C27H19B. The number of hydrogen-bond acceptors (Lipinski definition) is 0. The van der Waals surface area contributed by atoms with Crippen LogP contribution in [0.15, 0.2) is 97.1 Å². The Morgan fingerprint density at radius 1 is 0.536 bits per heavy atom. The normalized spacial score (nSPS) is 11.2. The predicted molar refractivity (Wildman–Crippen MR) is 122 cm³/mol. The molecule has 0 unspecified atom stereocenters. The molecule has 0 heterocycles. The average molecular weight is 354 g/mol. The molecule has 0 amide bonds. The van der Waals surface area contributed by atoms with Crippen LogP contribution < -0.4 is 5.46 Å². The van der Waals surface area contributed by atoms with Crippen molar-refractivity contribution in [1.82, 2.24) is 0 Å². The van der Waals surface area contributed by atoms with Crippen molar-refractivity contribution in [3.63, 3.8) is 0 Å². The van der Waals surface area contributed by atoms with E-state index in [1.165, 1.54) is 43.8 Å². The third-order valence-electron chi connectivity index (χ3n) is 5.58. The highest BCUT2D eigenvalue weighted by Gasteiger charge is 2.11. The summed E-state index contributed by atoms with van der Waals surface area (Å²) in [7, 11) is 6.03.